The molecule has 0 bridgehead atoms. The van der Waals surface area contributed by atoms with Gasteiger partial charge in [-0.15, -0.1) is 0 Å². The summed E-state index contributed by atoms with van der Waals surface area (Å²) in [4.78, 5) is 27.5. The standard InChI is InChI=1S/C16H15N3O2/c1-9-6-7-17-16-15(9)13-8-12(18-10(2)20)4-5-14(13)19(16)11(3)21/h4-8H,1-3H3,(H,18,20). The van der Waals surface area contributed by atoms with E-state index in [-0.39, 0.29) is 11.8 Å². The zero-order chi connectivity index (χ0) is 15.1. The predicted octanol–water partition coefficient (Wildman–Crippen LogP) is 3.12. The maximum atomic E-state index is 12.0. The summed E-state index contributed by atoms with van der Waals surface area (Å²) in [6, 6.07) is 7.42. The SMILES string of the molecule is CC(=O)Nc1ccc2c(c1)c1c(C)ccnc1n2C(C)=O. The van der Waals surface area contributed by atoms with E-state index in [0.717, 1.165) is 21.9 Å². The molecule has 21 heavy (non-hydrogen) atoms. The summed E-state index contributed by atoms with van der Waals surface area (Å²) in [5.74, 6) is -0.208. The number of hydrogen-bond donors (Lipinski definition) is 1. The fraction of sp³-hybridized carbons (Fsp3) is 0.188. The third kappa shape index (κ3) is 2.07. The van der Waals surface area contributed by atoms with Crippen molar-refractivity contribution in [2.24, 2.45) is 0 Å². The van der Waals surface area contributed by atoms with Gasteiger partial charge in [0.25, 0.3) is 0 Å². The number of anilines is 1. The molecule has 2 aromatic heterocycles. The average Bonchev–Trinajstić information content (AvgIpc) is 2.73. The molecule has 0 spiro atoms. The quantitative estimate of drug-likeness (QED) is 0.745. The minimum absolute atomic E-state index is 0.0830. The lowest BCUT2D eigenvalue weighted by molar-refractivity contribution is -0.114. The van der Waals surface area contributed by atoms with E-state index in [4.69, 9.17) is 0 Å². The molecule has 1 aromatic carbocycles. The van der Waals surface area contributed by atoms with Gasteiger partial charge in [0.2, 0.25) is 11.8 Å². The summed E-state index contributed by atoms with van der Waals surface area (Å²) in [5, 5.41) is 4.62. The number of rotatable bonds is 1. The van der Waals surface area contributed by atoms with Crippen LogP contribution in [-0.2, 0) is 4.79 Å². The van der Waals surface area contributed by atoms with Crippen LogP contribution in [0.25, 0.3) is 21.9 Å². The Balaban J connectivity index is 2.43. The molecule has 0 aliphatic carbocycles. The van der Waals surface area contributed by atoms with E-state index in [2.05, 4.69) is 10.3 Å². The van der Waals surface area contributed by atoms with Crippen LogP contribution in [0.5, 0.6) is 0 Å². The first kappa shape index (κ1) is 13.3. The van der Waals surface area contributed by atoms with Crippen LogP contribution >= 0.6 is 0 Å². The van der Waals surface area contributed by atoms with Crippen LogP contribution in [0.3, 0.4) is 0 Å². The van der Waals surface area contributed by atoms with E-state index in [9.17, 15) is 9.59 Å². The van der Waals surface area contributed by atoms with Crippen molar-refractivity contribution in [1.29, 1.82) is 0 Å². The second-order valence-electron chi connectivity index (χ2n) is 5.09. The smallest absolute Gasteiger partial charge is 0.229 e. The number of fused-ring (bicyclic) bond motifs is 3. The fourth-order valence-corrected chi connectivity index (χ4v) is 2.69. The molecule has 0 aliphatic rings. The maximum absolute atomic E-state index is 12.0. The highest BCUT2D eigenvalue weighted by molar-refractivity contribution is 6.14. The molecule has 0 saturated heterocycles. The van der Waals surface area contributed by atoms with Crippen LogP contribution in [0, 0.1) is 6.92 Å². The molecule has 106 valence electrons. The van der Waals surface area contributed by atoms with Crippen molar-refractivity contribution in [3.05, 3.63) is 36.0 Å². The summed E-state index contributed by atoms with van der Waals surface area (Å²) in [6.07, 6.45) is 1.70. The summed E-state index contributed by atoms with van der Waals surface area (Å²) < 4.78 is 1.61. The van der Waals surface area contributed by atoms with Gasteiger partial charge in [-0.05, 0) is 36.8 Å². The number of nitrogens with zero attached hydrogens (tertiary/aromatic N) is 2. The molecule has 5 nitrogen and oxygen atoms in total. The molecule has 0 atom stereocenters. The van der Waals surface area contributed by atoms with E-state index >= 15 is 0 Å². The molecule has 3 rings (SSSR count). The van der Waals surface area contributed by atoms with Crippen molar-refractivity contribution >= 4 is 39.4 Å². The highest BCUT2D eigenvalue weighted by atomic mass is 16.2. The fourth-order valence-electron chi connectivity index (χ4n) is 2.69. The Bertz CT molecular complexity index is 893. The molecule has 3 aromatic rings. The van der Waals surface area contributed by atoms with Crippen LogP contribution < -0.4 is 5.32 Å². The lowest BCUT2D eigenvalue weighted by atomic mass is 10.1. The maximum Gasteiger partial charge on any atom is 0.229 e. The Morgan fingerprint density at radius 2 is 1.95 bits per heavy atom. The van der Waals surface area contributed by atoms with Gasteiger partial charge in [-0.3, -0.25) is 14.2 Å². The molecule has 1 amide bonds. The molecule has 0 saturated carbocycles. The summed E-state index contributed by atoms with van der Waals surface area (Å²) in [6.45, 7) is 4.97. The third-order valence-corrected chi connectivity index (χ3v) is 3.49. The highest BCUT2D eigenvalue weighted by Crippen LogP contribution is 2.31. The van der Waals surface area contributed by atoms with Crippen molar-refractivity contribution < 1.29 is 9.59 Å². The predicted molar refractivity (Wildman–Crippen MR) is 82.6 cm³/mol. The van der Waals surface area contributed by atoms with E-state index in [1.807, 2.05) is 25.1 Å². The van der Waals surface area contributed by atoms with Gasteiger partial charge in [0, 0.05) is 36.5 Å². The number of hydrogen-bond acceptors (Lipinski definition) is 3. The molecule has 0 fully saturated rings. The normalized spacial score (nSPS) is 11.0. The number of carbonyl (C=O) groups excluding carboxylic acids is 2. The summed E-state index contributed by atoms with van der Waals surface area (Å²) in [7, 11) is 0. The molecular formula is C16H15N3O2. The Morgan fingerprint density at radius 3 is 2.62 bits per heavy atom. The number of pyridine rings is 1. The van der Waals surface area contributed by atoms with Gasteiger partial charge in [0.1, 0.15) is 5.65 Å². The highest BCUT2D eigenvalue weighted by Gasteiger charge is 2.16. The van der Waals surface area contributed by atoms with Gasteiger partial charge >= 0.3 is 0 Å². The van der Waals surface area contributed by atoms with Crippen molar-refractivity contribution in [3.8, 4) is 0 Å². The third-order valence-electron chi connectivity index (χ3n) is 3.49. The largest absolute Gasteiger partial charge is 0.326 e. The summed E-state index contributed by atoms with van der Waals surface area (Å²) >= 11 is 0. The minimum atomic E-state index is -0.125. The number of nitrogens with one attached hydrogen (secondary N) is 1. The lowest BCUT2D eigenvalue weighted by Crippen LogP contribution is -2.07. The van der Waals surface area contributed by atoms with Gasteiger partial charge in [-0.2, -0.15) is 0 Å². The van der Waals surface area contributed by atoms with Gasteiger partial charge in [0.05, 0.1) is 5.52 Å². The van der Waals surface area contributed by atoms with Crippen LogP contribution in [0.2, 0.25) is 0 Å². The lowest BCUT2D eigenvalue weighted by Gasteiger charge is -2.03. The van der Waals surface area contributed by atoms with Gasteiger partial charge in [0.15, 0.2) is 0 Å². The number of benzene rings is 1. The zero-order valence-electron chi connectivity index (χ0n) is 12.1. The molecular weight excluding hydrogens is 266 g/mol. The van der Waals surface area contributed by atoms with Crippen molar-refractivity contribution in [2.45, 2.75) is 20.8 Å². The molecule has 0 unspecified atom stereocenters. The Kier molecular flexibility index (Phi) is 2.97. The Hall–Kier alpha value is -2.69. The van der Waals surface area contributed by atoms with Gasteiger partial charge in [-0.25, -0.2) is 4.98 Å². The minimum Gasteiger partial charge on any atom is -0.326 e. The monoisotopic (exact) mass is 281 g/mol. The van der Waals surface area contributed by atoms with Crippen LogP contribution in [-0.4, -0.2) is 21.4 Å². The van der Waals surface area contributed by atoms with Crippen LogP contribution in [0.1, 0.15) is 24.2 Å². The second kappa shape index (κ2) is 4.70. The zero-order valence-corrected chi connectivity index (χ0v) is 12.1. The number of aryl methyl sites for hydroxylation is 1. The molecule has 0 radical (unpaired) electrons. The first-order valence-corrected chi connectivity index (χ1v) is 6.67. The first-order chi connectivity index (χ1) is 9.99. The number of carbonyl (C=O) groups is 2. The van der Waals surface area contributed by atoms with E-state index in [1.54, 1.807) is 16.8 Å². The Labute approximate surface area is 121 Å². The Morgan fingerprint density at radius 1 is 1.19 bits per heavy atom. The summed E-state index contributed by atoms with van der Waals surface area (Å²) in [5.41, 5.74) is 3.21. The van der Waals surface area contributed by atoms with E-state index < -0.39 is 0 Å². The molecule has 1 N–H and O–H groups in total. The van der Waals surface area contributed by atoms with Crippen molar-refractivity contribution in [1.82, 2.24) is 9.55 Å². The topological polar surface area (TPSA) is 64.0 Å². The first-order valence-electron chi connectivity index (χ1n) is 6.67. The van der Waals surface area contributed by atoms with Gasteiger partial charge < -0.3 is 5.32 Å². The van der Waals surface area contributed by atoms with E-state index in [0.29, 0.717) is 11.3 Å². The van der Waals surface area contributed by atoms with Crippen molar-refractivity contribution in [2.75, 3.05) is 5.32 Å². The van der Waals surface area contributed by atoms with Crippen molar-refractivity contribution in [3.63, 3.8) is 0 Å². The van der Waals surface area contributed by atoms with Gasteiger partial charge in [-0.1, -0.05) is 0 Å². The molecule has 0 aliphatic heterocycles. The molecule has 2 heterocycles. The number of amides is 1. The molecule has 5 heteroatoms. The van der Waals surface area contributed by atoms with E-state index in [1.165, 1.54) is 13.8 Å². The number of aromatic nitrogens is 2. The van der Waals surface area contributed by atoms with Crippen LogP contribution in [0.4, 0.5) is 5.69 Å². The van der Waals surface area contributed by atoms with Crippen LogP contribution in [0.15, 0.2) is 30.5 Å². The average molecular weight is 281 g/mol. The second-order valence-corrected chi connectivity index (χ2v) is 5.09.